The lowest BCUT2D eigenvalue weighted by molar-refractivity contribution is -0.199. The summed E-state index contributed by atoms with van der Waals surface area (Å²) in [6, 6.07) is -1.28. The number of nitrogens with zero attached hydrogens (tertiary/aromatic N) is 1. The molecule has 0 spiro atoms. The first kappa shape index (κ1) is 31.6. The highest BCUT2D eigenvalue weighted by Crippen LogP contribution is 2.65. The van der Waals surface area contributed by atoms with Gasteiger partial charge in [0.15, 0.2) is 0 Å². The third-order valence-corrected chi connectivity index (χ3v) is 11.0. The summed E-state index contributed by atoms with van der Waals surface area (Å²) in [6.07, 6.45) is 11.7. The zero-order chi connectivity index (χ0) is 30.3. The normalized spacial score (nSPS) is 37.8. The van der Waals surface area contributed by atoms with E-state index >= 15 is 0 Å². The fourth-order valence-corrected chi connectivity index (χ4v) is 8.43. The Labute approximate surface area is 253 Å². The number of hydrogen-bond acceptors (Lipinski definition) is 6. The van der Waals surface area contributed by atoms with Crippen LogP contribution in [0.3, 0.4) is 0 Å². The first-order valence-electron chi connectivity index (χ1n) is 16.7. The van der Waals surface area contributed by atoms with Crippen molar-refractivity contribution < 1.29 is 28.4 Å². The number of alkyl carbamates (subject to hydrolysis) is 1. The van der Waals surface area contributed by atoms with E-state index in [9.17, 15) is 14.4 Å². The van der Waals surface area contributed by atoms with Gasteiger partial charge in [0.2, 0.25) is 11.8 Å². The molecule has 236 valence electrons. The summed E-state index contributed by atoms with van der Waals surface area (Å²) in [4.78, 5) is 42.0. The van der Waals surface area contributed by atoms with E-state index in [0.717, 1.165) is 64.2 Å². The molecule has 6 rings (SSSR count). The van der Waals surface area contributed by atoms with Crippen molar-refractivity contribution in [3.8, 4) is 0 Å². The lowest BCUT2D eigenvalue weighted by Gasteiger charge is -2.64. The van der Waals surface area contributed by atoms with Crippen LogP contribution in [0.4, 0.5) is 4.79 Å². The van der Waals surface area contributed by atoms with Gasteiger partial charge >= 0.3 is 13.2 Å². The van der Waals surface area contributed by atoms with Crippen LogP contribution in [-0.2, 0) is 23.6 Å². The molecule has 7 atom stereocenters. The van der Waals surface area contributed by atoms with Crippen LogP contribution in [0.5, 0.6) is 0 Å². The first-order chi connectivity index (χ1) is 19.8. The summed E-state index contributed by atoms with van der Waals surface area (Å²) in [5.74, 6) is 0.510. The third kappa shape index (κ3) is 6.50. The van der Waals surface area contributed by atoms with Gasteiger partial charge < -0.3 is 29.6 Å². The second kappa shape index (κ2) is 12.3. The molecule has 3 amide bonds. The molecule has 6 fully saturated rings. The maximum Gasteiger partial charge on any atom is 0.481 e. The van der Waals surface area contributed by atoms with Gasteiger partial charge in [-0.2, -0.15) is 0 Å². The molecule has 3 aliphatic heterocycles. The van der Waals surface area contributed by atoms with E-state index in [4.69, 9.17) is 14.0 Å². The quantitative estimate of drug-likeness (QED) is 0.433. The second-order valence-corrected chi connectivity index (χ2v) is 15.4. The van der Waals surface area contributed by atoms with Gasteiger partial charge in [0.25, 0.3) is 0 Å². The molecule has 10 heteroatoms. The van der Waals surface area contributed by atoms with E-state index in [2.05, 4.69) is 31.4 Å². The Hall–Kier alpha value is -1.81. The zero-order valence-corrected chi connectivity index (χ0v) is 26.8. The van der Waals surface area contributed by atoms with Gasteiger partial charge in [-0.05, 0) is 83.5 Å². The van der Waals surface area contributed by atoms with Crippen molar-refractivity contribution in [2.75, 3.05) is 6.54 Å². The predicted octanol–water partition coefficient (Wildman–Crippen LogP) is 5.15. The Morgan fingerprint density at radius 1 is 0.976 bits per heavy atom. The largest absolute Gasteiger partial charge is 0.481 e. The molecule has 3 saturated heterocycles. The molecule has 0 radical (unpaired) electrons. The van der Waals surface area contributed by atoms with Crippen molar-refractivity contribution in [3.63, 3.8) is 0 Å². The molecule has 2 N–H and O–H groups in total. The molecule has 9 nitrogen and oxygen atoms in total. The van der Waals surface area contributed by atoms with E-state index in [-0.39, 0.29) is 34.9 Å². The number of nitrogens with one attached hydrogen (secondary N) is 2. The number of rotatable bonds is 2. The molecule has 42 heavy (non-hydrogen) atoms. The Bertz CT molecular complexity index is 1020. The summed E-state index contributed by atoms with van der Waals surface area (Å²) in [6.45, 7) is 12.9. The Morgan fingerprint density at radius 2 is 1.64 bits per heavy atom. The lowest BCUT2D eigenvalue weighted by atomic mass is 9.43. The van der Waals surface area contributed by atoms with E-state index in [1.165, 1.54) is 6.42 Å². The third-order valence-electron chi connectivity index (χ3n) is 11.0. The summed E-state index contributed by atoms with van der Waals surface area (Å²) in [5, 5.41) is 6.13. The Balaban J connectivity index is 1.31. The number of fused-ring (bicyclic) bond motifs is 1. The maximum atomic E-state index is 13.9. The second-order valence-electron chi connectivity index (χ2n) is 15.4. The number of carbonyl (C=O) groups excluding carboxylic acids is 3. The number of hydrogen-bond donors (Lipinski definition) is 2. The van der Waals surface area contributed by atoms with Gasteiger partial charge in [-0.25, -0.2) is 4.79 Å². The number of carbonyl (C=O) groups is 3. The van der Waals surface area contributed by atoms with Crippen LogP contribution in [0, 0.1) is 17.3 Å². The van der Waals surface area contributed by atoms with E-state index in [0.29, 0.717) is 31.2 Å². The highest BCUT2D eigenvalue weighted by atomic mass is 16.7. The molecule has 2 bridgehead atoms. The van der Waals surface area contributed by atoms with Gasteiger partial charge in [-0.1, -0.05) is 58.8 Å². The Kier molecular flexibility index (Phi) is 9.25. The highest BCUT2D eigenvalue weighted by Gasteiger charge is 2.68. The fraction of sp³-hybridized carbons (Fsp3) is 0.906. The standard InChI is InChI=1S/C32H54BN3O6/c1-30(2,3)40-29(39)34-22-15-12-10-8-7-9-11-13-17-26(35-27(37)23-16-14-18-36(23)28(22)38)33-41-25-20-21-19-24(31(21,4)5)32(25,6)42-33/h21-26H,7-20H2,1-6H3,(H,34,39)(H,35,37)/t21?,22-,23?,24?,25?,26?,32?/m0/s1. The minimum absolute atomic E-state index is 0.0563. The van der Waals surface area contributed by atoms with Crippen LogP contribution in [0.15, 0.2) is 0 Å². The van der Waals surface area contributed by atoms with E-state index < -0.39 is 30.9 Å². The molecular formula is C32H54BN3O6. The van der Waals surface area contributed by atoms with Crippen LogP contribution in [0.25, 0.3) is 0 Å². The van der Waals surface area contributed by atoms with Crippen molar-refractivity contribution in [3.05, 3.63) is 0 Å². The molecule has 3 saturated carbocycles. The topological polar surface area (TPSA) is 106 Å². The number of ether oxygens (including phenoxy) is 1. The van der Waals surface area contributed by atoms with Crippen molar-refractivity contribution >= 4 is 25.0 Å². The molecule has 3 aliphatic carbocycles. The van der Waals surface area contributed by atoms with Crippen molar-refractivity contribution in [1.82, 2.24) is 15.5 Å². The minimum Gasteiger partial charge on any atom is -0.444 e. The molecule has 0 aromatic carbocycles. The molecule has 3 heterocycles. The van der Waals surface area contributed by atoms with Gasteiger partial charge in [0.05, 0.1) is 17.6 Å². The molecular weight excluding hydrogens is 533 g/mol. The lowest BCUT2D eigenvalue weighted by Crippen LogP contribution is -2.65. The molecule has 6 unspecified atom stereocenters. The van der Waals surface area contributed by atoms with Crippen LogP contribution in [0.1, 0.15) is 125 Å². The number of amides is 3. The van der Waals surface area contributed by atoms with Crippen LogP contribution < -0.4 is 10.6 Å². The first-order valence-corrected chi connectivity index (χ1v) is 16.7. The van der Waals surface area contributed by atoms with Crippen molar-refractivity contribution in [2.24, 2.45) is 17.3 Å². The summed E-state index contributed by atoms with van der Waals surface area (Å²) in [7, 11) is -0.481. The van der Waals surface area contributed by atoms with Gasteiger partial charge in [0.1, 0.15) is 17.7 Å². The van der Waals surface area contributed by atoms with E-state index in [1.54, 1.807) is 4.90 Å². The average molecular weight is 588 g/mol. The summed E-state index contributed by atoms with van der Waals surface area (Å²) in [5.41, 5.74) is -0.744. The summed E-state index contributed by atoms with van der Waals surface area (Å²) < 4.78 is 18.9. The smallest absolute Gasteiger partial charge is 0.444 e. The minimum atomic E-state index is -0.712. The predicted molar refractivity (Wildman–Crippen MR) is 161 cm³/mol. The Morgan fingerprint density at radius 3 is 2.31 bits per heavy atom. The molecule has 0 aromatic rings. The maximum absolute atomic E-state index is 13.9. The highest BCUT2D eigenvalue weighted by molar-refractivity contribution is 6.47. The van der Waals surface area contributed by atoms with Gasteiger partial charge in [0, 0.05) is 6.54 Å². The summed E-state index contributed by atoms with van der Waals surface area (Å²) >= 11 is 0. The fourth-order valence-electron chi connectivity index (χ4n) is 8.43. The van der Waals surface area contributed by atoms with Crippen molar-refractivity contribution in [1.29, 1.82) is 0 Å². The monoisotopic (exact) mass is 587 g/mol. The van der Waals surface area contributed by atoms with Gasteiger partial charge in [-0.15, -0.1) is 0 Å². The zero-order valence-electron chi connectivity index (χ0n) is 26.8. The van der Waals surface area contributed by atoms with Crippen LogP contribution in [-0.4, -0.2) is 71.8 Å². The van der Waals surface area contributed by atoms with Crippen LogP contribution >= 0.6 is 0 Å². The SMILES string of the molecule is CC(C)(C)OC(=O)N[C@H]1CCCCCCCCCC(B2OC3CC4CC(C4(C)C)C3(C)O2)NC(=O)C2CCCN2C1=O. The van der Waals surface area contributed by atoms with Crippen molar-refractivity contribution in [2.45, 2.75) is 160 Å². The molecule has 6 aliphatic rings. The average Bonchev–Trinajstić information content (AvgIpc) is 3.53. The molecule has 0 aromatic heterocycles. The van der Waals surface area contributed by atoms with Crippen LogP contribution in [0.2, 0.25) is 0 Å². The van der Waals surface area contributed by atoms with E-state index in [1.807, 2.05) is 20.8 Å². The van der Waals surface area contributed by atoms with Gasteiger partial charge in [-0.3, -0.25) is 9.59 Å².